The van der Waals surface area contributed by atoms with Gasteiger partial charge in [-0.3, -0.25) is 9.00 Å². The molecule has 1 amide bonds. The first-order valence-corrected chi connectivity index (χ1v) is 8.65. The Morgan fingerprint density at radius 2 is 1.82 bits per heavy atom. The minimum absolute atomic E-state index is 0.287. The number of benzene rings is 1. The smallest absolute Gasteiger partial charge is 0.348 e. The van der Waals surface area contributed by atoms with E-state index in [1.165, 1.54) is 7.11 Å². The van der Waals surface area contributed by atoms with E-state index < -0.39 is 16.8 Å². The van der Waals surface area contributed by atoms with Gasteiger partial charge in [-0.25, -0.2) is 4.79 Å². The summed E-state index contributed by atoms with van der Waals surface area (Å²) in [5, 5.41) is 2.70. The molecule has 1 atom stereocenters. The molecule has 2 aromatic rings. The van der Waals surface area contributed by atoms with Gasteiger partial charge in [0, 0.05) is 17.2 Å². The number of esters is 1. The molecular formula is C15H15NO4S2. The average Bonchev–Trinajstić information content (AvgIpc) is 3.04. The summed E-state index contributed by atoms with van der Waals surface area (Å²) in [4.78, 5) is 24.8. The number of hydrogen-bond donors (Lipinski definition) is 1. The molecule has 116 valence electrons. The maximum Gasteiger partial charge on any atom is 0.348 e. The maximum atomic E-state index is 12.0. The van der Waals surface area contributed by atoms with E-state index in [0.717, 1.165) is 16.2 Å². The number of rotatable bonds is 6. The van der Waals surface area contributed by atoms with Crippen LogP contribution in [0.4, 0.5) is 0 Å². The zero-order chi connectivity index (χ0) is 15.9. The summed E-state index contributed by atoms with van der Waals surface area (Å²) in [7, 11) is 0.147. The fourth-order valence-corrected chi connectivity index (χ4v) is 3.53. The number of nitrogens with one attached hydrogen (secondary N) is 1. The van der Waals surface area contributed by atoms with E-state index in [4.69, 9.17) is 0 Å². The number of thiophene rings is 1. The number of methoxy groups -OCH3 is 1. The van der Waals surface area contributed by atoms with Crippen LogP contribution in [0, 0.1) is 0 Å². The molecule has 1 aromatic carbocycles. The highest BCUT2D eigenvalue weighted by Gasteiger charge is 2.14. The minimum atomic E-state index is -1.15. The van der Waals surface area contributed by atoms with Crippen LogP contribution in [0.3, 0.4) is 0 Å². The summed E-state index contributed by atoms with van der Waals surface area (Å²) in [6.07, 6.45) is 0. The summed E-state index contributed by atoms with van der Waals surface area (Å²) in [6, 6.07) is 12.2. The van der Waals surface area contributed by atoms with Crippen molar-refractivity contribution < 1.29 is 18.5 Å². The normalized spacial score (nSPS) is 11.7. The molecule has 0 aliphatic carbocycles. The van der Waals surface area contributed by atoms with E-state index in [0.29, 0.717) is 22.1 Å². The second-order valence-electron chi connectivity index (χ2n) is 4.27. The van der Waals surface area contributed by atoms with Crippen molar-refractivity contribution in [2.45, 2.75) is 4.90 Å². The van der Waals surface area contributed by atoms with Crippen molar-refractivity contribution in [1.29, 1.82) is 0 Å². The highest BCUT2D eigenvalue weighted by atomic mass is 32.2. The molecule has 1 N–H and O–H groups in total. The van der Waals surface area contributed by atoms with Crippen molar-refractivity contribution in [3.63, 3.8) is 0 Å². The first kappa shape index (κ1) is 16.4. The highest BCUT2D eigenvalue weighted by molar-refractivity contribution is 7.85. The average molecular weight is 337 g/mol. The van der Waals surface area contributed by atoms with Crippen LogP contribution in [0.5, 0.6) is 0 Å². The number of carbonyl (C=O) groups excluding carboxylic acids is 2. The van der Waals surface area contributed by atoms with Gasteiger partial charge in [0.2, 0.25) is 0 Å². The predicted molar refractivity (Wildman–Crippen MR) is 85.7 cm³/mol. The lowest BCUT2D eigenvalue weighted by Gasteiger charge is -2.04. The molecule has 0 aliphatic heterocycles. The fourth-order valence-electron chi connectivity index (χ4n) is 1.70. The lowest BCUT2D eigenvalue weighted by Crippen LogP contribution is -2.27. The summed E-state index contributed by atoms with van der Waals surface area (Å²) < 4.78 is 16.6. The van der Waals surface area contributed by atoms with E-state index in [9.17, 15) is 13.8 Å². The lowest BCUT2D eigenvalue weighted by molar-refractivity contribution is 0.0606. The van der Waals surface area contributed by atoms with Crippen molar-refractivity contribution in [2.75, 3.05) is 19.4 Å². The Bertz CT molecular complexity index is 682. The van der Waals surface area contributed by atoms with Crippen molar-refractivity contribution in [2.24, 2.45) is 0 Å². The summed E-state index contributed by atoms with van der Waals surface area (Å²) in [5.74, 6) is -0.412. The van der Waals surface area contributed by atoms with Gasteiger partial charge in [0.05, 0.1) is 22.8 Å². The second-order valence-corrected chi connectivity index (χ2v) is 6.93. The van der Waals surface area contributed by atoms with Crippen LogP contribution >= 0.6 is 11.3 Å². The van der Waals surface area contributed by atoms with Gasteiger partial charge in [0.15, 0.2) is 0 Å². The maximum absolute atomic E-state index is 12.0. The zero-order valence-corrected chi connectivity index (χ0v) is 13.5. The van der Waals surface area contributed by atoms with Crippen LogP contribution in [0.1, 0.15) is 19.3 Å². The highest BCUT2D eigenvalue weighted by Crippen LogP contribution is 2.17. The molecule has 0 bridgehead atoms. The first-order chi connectivity index (χ1) is 10.6. The van der Waals surface area contributed by atoms with Crippen LogP contribution in [0.15, 0.2) is 47.4 Å². The standard InChI is InChI=1S/C15H15NO4S2/c1-20-15(18)13-8-7-12(21-13)14(17)16-9-10-22(19)11-5-3-2-4-6-11/h2-8H,9-10H2,1H3,(H,16,17)/t22-/m0/s1. The van der Waals surface area contributed by atoms with Crippen LogP contribution < -0.4 is 5.32 Å². The van der Waals surface area contributed by atoms with Gasteiger partial charge in [-0.1, -0.05) is 18.2 Å². The van der Waals surface area contributed by atoms with Crippen LogP contribution in [0.25, 0.3) is 0 Å². The fraction of sp³-hybridized carbons (Fsp3) is 0.200. The SMILES string of the molecule is COC(=O)c1ccc(C(=O)NCC[S@](=O)c2ccccc2)s1. The summed E-state index contributed by atoms with van der Waals surface area (Å²) in [5.41, 5.74) is 0. The van der Waals surface area contributed by atoms with Crippen LogP contribution in [0.2, 0.25) is 0 Å². The van der Waals surface area contributed by atoms with Crippen molar-refractivity contribution in [1.82, 2.24) is 5.32 Å². The van der Waals surface area contributed by atoms with Gasteiger partial charge in [0.25, 0.3) is 5.91 Å². The number of hydrogen-bond acceptors (Lipinski definition) is 5. The molecule has 0 radical (unpaired) electrons. The molecule has 0 saturated heterocycles. The van der Waals surface area contributed by atoms with Gasteiger partial charge < -0.3 is 10.1 Å². The first-order valence-electron chi connectivity index (χ1n) is 6.51. The monoisotopic (exact) mass is 337 g/mol. The number of carbonyl (C=O) groups is 2. The van der Waals surface area contributed by atoms with Crippen molar-refractivity contribution >= 4 is 34.0 Å². The molecule has 0 fully saturated rings. The van der Waals surface area contributed by atoms with Gasteiger partial charge in [0.1, 0.15) is 4.88 Å². The molecule has 22 heavy (non-hydrogen) atoms. The Morgan fingerprint density at radius 3 is 2.50 bits per heavy atom. The van der Waals surface area contributed by atoms with E-state index in [1.807, 2.05) is 18.2 Å². The molecular weight excluding hydrogens is 322 g/mol. The zero-order valence-electron chi connectivity index (χ0n) is 11.9. The third-order valence-corrected chi connectivity index (χ3v) is 5.23. The third kappa shape index (κ3) is 4.25. The number of amides is 1. The Labute approximate surface area is 134 Å². The second kappa shape index (κ2) is 7.86. The molecule has 1 heterocycles. The molecule has 1 aromatic heterocycles. The molecule has 0 aliphatic rings. The van der Waals surface area contributed by atoms with Gasteiger partial charge >= 0.3 is 5.97 Å². The third-order valence-electron chi connectivity index (χ3n) is 2.80. The Morgan fingerprint density at radius 1 is 1.14 bits per heavy atom. The molecule has 0 saturated carbocycles. The molecule has 0 unspecified atom stereocenters. The van der Waals surface area contributed by atoms with Gasteiger partial charge in [-0.15, -0.1) is 11.3 Å². The largest absolute Gasteiger partial charge is 0.465 e. The van der Waals surface area contributed by atoms with E-state index in [-0.39, 0.29) is 5.91 Å². The Hall–Kier alpha value is -1.99. The Kier molecular flexibility index (Phi) is 5.85. The van der Waals surface area contributed by atoms with Crippen molar-refractivity contribution in [3.05, 3.63) is 52.2 Å². The molecule has 0 spiro atoms. The van der Waals surface area contributed by atoms with Crippen LogP contribution in [-0.2, 0) is 15.5 Å². The lowest BCUT2D eigenvalue weighted by atomic mass is 10.4. The Balaban J connectivity index is 1.84. The van der Waals surface area contributed by atoms with Gasteiger partial charge in [-0.05, 0) is 24.3 Å². The topological polar surface area (TPSA) is 72.5 Å². The van der Waals surface area contributed by atoms with E-state index in [1.54, 1.807) is 24.3 Å². The number of ether oxygens (including phenoxy) is 1. The van der Waals surface area contributed by atoms with E-state index >= 15 is 0 Å². The molecule has 5 nitrogen and oxygen atoms in total. The van der Waals surface area contributed by atoms with Crippen LogP contribution in [-0.4, -0.2) is 35.5 Å². The quantitative estimate of drug-likeness (QED) is 0.819. The van der Waals surface area contributed by atoms with Crippen molar-refractivity contribution in [3.8, 4) is 0 Å². The summed E-state index contributed by atoms with van der Waals surface area (Å²) >= 11 is 1.07. The van der Waals surface area contributed by atoms with E-state index in [2.05, 4.69) is 10.1 Å². The molecule has 7 heteroatoms. The predicted octanol–water partition coefficient (Wildman–Crippen LogP) is 2.07. The van der Waals surface area contributed by atoms with Gasteiger partial charge in [-0.2, -0.15) is 0 Å². The molecule has 2 rings (SSSR count). The summed E-state index contributed by atoms with van der Waals surface area (Å²) in [6.45, 7) is 0.297. The minimum Gasteiger partial charge on any atom is -0.465 e.